The molecule has 0 saturated heterocycles. The fraction of sp³-hybridized carbons (Fsp3) is 0.200. The number of ether oxygens (including phenoxy) is 1. The van der Waals surface area contributed by atoms with Gasteiger partial charge in [0.1, 0.15) is 23.4 Å². The molecule has 3 aromatic rings. The number of nitro groups is 1. The summed E-state index contributed by atoms with van der Waals surface area (Å²) in [4.78, 5) is 11.1. The van der Waals surface area contributed by atoms with E-state index in [9.17, 15) is 10.1 Å². The number of rotatable bonds is 9. The quantitative estimate of drug-likeness (QED) is 0.145. The van der Waals surface area contributed by atoms with Gasteiger partial charge in [-0.05, 0) is 68.6 Å². The Kier molecular flexibility index (Phi) is 7.68. The largest absolute Gasteiger partial charge is 0.487 e. The zero-order chi connectivity index (χ0) is 21.7. The molecule has 0 unspecified atom stereocenters. The Morgan fingerprint density at radius 2 is 1.93 bits per heavy atom. The van der Waals surface area contributed by atoms with E-state index in [0.29, 0.717) is 32.3 Å². The minimum Gasteiger partial charge on any atom is -0.487 e. The third kappa shape index (κ3) is 5.30. The van der Waals surface area contributed by atoms with Gasteiger partial charge in [0.25, 0.3) is 0 Å². The Labute approximate surface area is 194 Å². The van der Waals surface area contributed by atoms with Crippen molar-refractivity contribution >= 4 is 43.6 Å². The molecular weight excluding hydrogens is 536 g/mol. The molecule has 3 rings (SSSR count). The Morgan fingerprint density at radius 3 is 2.53 bits per heavy atom. The van der Waals surface area contributed by atoms with Crippen molar-refractivity contribution in [3.05, 3.63) is 85.6 Å². The van der Waals surface area contributed by atoms with Gasteiger partial charge in [0.15, 0.2) is 5.16 Å². The van der Waals surface area contributed by atoms with Gasteiger partial charge in [-0.1, -0.05) is 42.6 Å². The number of thioether (sulfide) groups is 1. The lowest BCUT2D eigenvalue weighted by atomic mass is 10.1. The Morgan fingerprint density at radius 1 is 1.27 bits per heavy atom. The number of hydrogen-bond donors (Lipinski definition) is 0. The molecule has 0 bridgehead atoms. The van der Waals surface area contributed by atoms with E-state index < -0.39 is 5.25 Å². The van der Waals surface area contributed by atoms with Gasteiger partial charge in [0, 0.05) is 10.6 Å². The molecule has 1 atom stereocenters. The maximum atomic E-state index is 11.4. The first kappa shape index (κ1) is 22.5. The first-order chi connectivity index (χ1) is 14.4. The van der Waals surface area contributed by atoms with Crippen LogP contribution in [0.25, 0.3) is 5.69 Å². The molecular formula is C20H18Br2N4O3S. The molecule has 2 aromatic carbocycles. The first-order valence-electron chi connectivity index (χ1n) is 8.89. The van der Waals surface area contributed by atoms with E-state index in [1.165, 1.54) is 11.8 Å². The molecule has 0 fully saturated rings. The average Bonchev–Trinajstić information content (AvgIpc) is 3.07. The highest BCUT2D eigenvalue weighted by Crippen LogP contribution is 2.42. The molecule has 0 amide bonds. The van der Waals surface area contributed by atoms with Gasteiger partial charge in [-0.3, -0.25) is 14.7 Å². The number of para-hydroxylation sites is 1. The number of nitrogens with zero attached hydrogens (tertiary/aromatic N) is 4. The lowest BCUT2D eigenvalue weighted by molar-refractivity contribution is -0.479. The van der Waals surface area contributed by atoms with Crippen molar-refractivity contribution in [2.24, 2.45) is 0 Å². The molecule has 0 aliphatic rings. The topological polar surface area (TPSA) is 83.1 Å². The summed E-state index contributed by atoms with van der Waals surface area (Å²) in [5.41, 5.74) is 1.67. The Hall–Kier alpha value is -2.17. The number of hydrogen-bond acceptors (Lipinski definition) is 6. The number of benzene rings is 2. The smallest absolute Gasteiger partial charge is 0.220 e. The highest BCUT2D eigenvalue weighted by Gasteiger charge is 2.25. The van der Waals surface area contributed by atoms with Gasteiger partial charge in [0.2, 0.25) is 6.54 Å². The van der Waals surface area contributed by atoms with Crippen LogP contribution in [-0.4, -0.2) is 32.8 Å². The second-order valence-corrected chi connectivity index (χ2v) is 9.11. The molecule has 10 heteroatoms. The van der Waals surface area contributed by atoms with Crippen molar-refractivity contribution in [2.75, 3.05) is 13.2 Å². The monoisotopic (exact) mass is 552 g/mol. The molecule has 156 valence electrons. The molecule has 0 radical (unpaired) electrons. The zero-order valence-corrected chi connectivity index (χ0v) is 20.0. The van der Waals surface area contributed by atoms with Crippen molar-refractivity contribution in [1.29, 1.82) is 0 Å². The standard InChI is InChI=1S/C20H18Br2N4O3S/c1-3-9-29-19-16(21)10-14(11-17(19)22)18(12-25(27)28)30-20-24-23-13(2)26(20)15-7-5-4-6-8-15/h3-8,10-11,18H,1,9,12H2,2H3/t18-/m0/s1. The molecule has 30 heavy (non-hydrogen) atoms. The van der Waals surface area contributed by atoms with Crippen LogP contribution in [0.5, 0.6) is 5.75 Å². The van der Waals surface area contributed by atoms with Crippen molar-refractivity contribution in [3.8, 4) is 11.4 Å². The SMILES string of the molecule is C=CCOc1c(Br)cc([C@H](C[N+](=O)[O-])Sc2nnc(C)n2-c2ccccc2)cc1Br. The normalized spacial score (nSPS) is 11.8. The van der Waals surface area contributed by atoms with Gasteiger partial charge >= 0.3 is 0 Å². The third-order valence-corrected chi connectivity index (χ3v) is 6.47. The zero-order valence-electron chi connectivity index (χ0n) is 16.0. The summed E-state index contributed by atoms with van der Waals surface area (Å²) < 4.78 is 8.94. The first-order valence-corrected chi connectivity index (χ1v) is 11.4. The van der Waals surface area contributed by atoms with Gasteiger partial charge in [-0.2, -0.15) is 0 Å². The summed E-state index contributed by atoms with van der Waals surface area (Å²) in [7, 11) is 0. The summed E-state index contributed by atoms with van der Waals surface area (Å²) in [5.74, 6) is 1.32. The minimum atomic E-state index is -0.480. The lowest BCUT2D eigenvalue weighted by Crippen LogP contribution is -2.11. The number of aryl methyl sites for hydroxylation is 1. The van der Waals surface area contributed by atoms with Crippen LogP contribution in [0.4, 0.5) is 0 Å². The van der Waals surface area contributed by atoms with E-state index in [4.69, 9.17) is 4.74 Å². The fourth-order valence-electron chi connectivity index (χ4n) is 2.81. The highest BCUT2D eigenvalue weighted by atomic mass is 79.9. The molecule has 1 aromatic heterocycles. The van der Waals surface area contributed by atoms with Crippen LogP contribution >= 0.6 is 43.6 Å². The van der Waals surface area contributed by atoms with Crippen LogP contribution in [0.2, 0.25) is 0 Å². The molecule has 7 nitrogen and oxygen atoms in total. The second kappa shape index (κ2) is 10.2. The lowest BCUT2D eigenvalue weighted by Gasteiger charge is -2.17. The van der Waals surface area contributed by atoms with Crippen molar-refractivity contribution in [3.63, 3.8) is 0 Å². The molecule has 0 saturated carbocycles. The summed E-state index contributed by atoms with van der Waals surface area (Å²) in [6.45, 7) is 5.58. The van der Waals surface area contributed by atoms with E-state index >= 15 is 0 Å². The fourth-order valence-corrected chi connectivity index (χ4v) is 5.42. The van der Waals surface area contributed by atoms with Crippen molar-refractivity contribution in [2.45, 2.75) is 17.3 Å². The van der Waals surface area contributed by atoms with Crippen LogP contribution in [0.1, 0.15) is 16.6 Å². The maximum Gasteiger partial charge on any atom is 0.220 e. The van der Waals surface area contributed by atoms with Crippen LogP contribution in [0, 0.1) is 17.0 Å². The highest BCUT2D eigenvalue weighted by molar-refractivity contribution is 9.11. The van der Waals surface area contributed by atoms with E-state index in [-0.39, 0.29) is 11.5 Å². The van der Waals surface area contributed by atoms with E-state index in [1.807, 2.05) is 54.0 Å². The summed E-state index contributed by atoms with van der Waals surface area (Å²) in [5, 5.41) is 19.9. The van der Waals surface area contributed by atoms with E-state index in [1.54, 1.807) is 6.08 Å². The molecule has 0 spiro atoms. The van der Waals surface area contributed by atoms with Gasteiger partial charge in [-0.15, -0.1) is 10.2 Å². The van der Waals surface area contributed by atoms with Crippen molar-refractivity contribution in [1.82, 2.24) is 14.8 Å². The average molecular weight is 554 g/mol. The Bertz CT molecular complexity index is 1040. The maximum absolute atomic E-state index is 11.4. The molecule has 0 N–H and O–H groups in total. The molecule has 1 heterocycles. The van der Waals surface area contributed by atoms with Crippen LogP contribution < -0.4 is 4.74 Å². The van der Waals surface area contributed by atoms with Crippen LogP contribution in [0.3, 0.4) is 0 Å². The number of aromatic nitrogens is 3. The van der Waals surface area contributed by atoms with Crippen LogP contribution in [-0.2, 0) is 0 Å². The van der Waals surface area contributed by atoms with Gasteiger partial charge in [-0.25, -0.2) is 0 Å². The predicted molar refractivity (Wildman–Crippen MR) is 124 cm³/mol. The van der Waals surface area contributed by atoms with E-state index in [0.717, 1.165) is 11.3 Å². The predicted octanol–water partition coefficient (Wildman–Crippen LogP) is 5.78. The summed E-state index contributed by atoms with van der Waals surface area (Å²) >= 11 is 8.31. The van der Waals surface area contributed by atoms with Crippen LogP contribution in [0.15, 0.2) is 69.2 Å². The third-order valence-electron chi connectivity index (χ3n) is 4.11. The van der Waals surface area contributed by atoms with Gasteiger partial charge < -0.3 is 4.74 Å². The minimum absolute atomic E-state index is 0.267. The van der Waals surface area contributed by atoms with Crippen molar-refractivity contribution < 1.29 is 9.66 Å². The Balaban J connectivity index is 1.98. The van der Waals surface area contributed by atoms with E-state index in [2.05, 4.69) is 48.6 Å². The molecule has 0 aliphatic carbocycles. The van der Waals surface area contributed by atoms with Gasteiger partial charge in [0.05, 0.1) is 8.95 Å². The summed E-state index contributed by atoms with van der Waals surface area (Å²) in [6.07, 6.45) is 1.65. The number of halogens is 2. The second-order valence-electron chi connectivity index (χ2n) is 6.24. The summed E-state index contributed by atoms with van der Waals surface area (Å²) in [6, 6.07) is 13.3. The molecule has 0 aliphatic heterocycles.